The lowest BCUT2D eigenvalue weighted by atomic mass is 9.60. The van der Waals surface area contributed by atoms with Gasteiger partial charge in [-0.05, 0) is 38.5 Å². The molecule has 3 unspecified atom stereocenters. The molecule has 0 amide bonds. The molecule has 4 nitrogen and oxygen atoms in total. The Morgan fingerprint density at radius 3 is 2.52 bits per heavy atom. The summed E-state index contributed by atoms with van der Waals surface area (Å²) in [4.78, 5) is 12.0. The molecule has 0 saturated heterocycles. The van der Waals surface area contributed by atoms with Gasteiger partial charge in [-0.2, -0.15) is 0 Å². The summed E-state index contributed by atoms with van der Waals surface area (Å²) in [6.07, 6.45) is 7.26. The quantitative estimate of drug-likeness (QED) is 0.734. The van der Waals surface area contributed by atoms with E-state index in [2.05, 4.69) is 26.1 Å². The van der Waals surface area contributed by atoms with Gasteiger partial charge in [0.2, 0.25) is 0 Å². The molecule has 3 atom stereocenters. The topological polar surface area (TPSA) is 47.6 Å². The standard InChI is InChI=1S/C17H31NO3/c1-5-21-15-11-14(17(15)8-6-7-9-17)18-13(10-12(2)3)16(19)20-4/h12-15,18H,5-11H2,1-4H3. The zero-order valence-electron chi connectivity index (χ0n) is 14.0. The van der Waals surface area contributed by atoms with E-state index in [4.69, 9.17) is 9.47 Å². The molecule has 0 aliphatic heterocycles. The fourth-order valence-electron chi connectivity index (χ4n) is 4.21. The van der Waals surface area contributed by atoms with Crippen LogP contribution >= 0.6 is 0 Å². The van der Waals surface area contributed by atoms with E-state index < -0.39 is 0 Å². The SMILES string of the molecule is CCOC1CC(NC(CC(C)C)C(=O)OC)C12CCCC2. The molecular weight excluding hydrogens is 266 g/mol. The van der Waals surface area contributed by atoms with Crippen LogP contribution in [0.5, 0.6) is 0 Å². The average Bonchev–Trinajstić information content (AvgIpc) is 2.96. The molecule has 2 fully saturated rings. The molecule has 0 bridgehead atoms. The minimum Gasteiger partial charge on any atom is -0.468 e. The van der Waals surface area contributed by atoms with Gasteiger partial charge < -0.3 is 14.8 Å². The summed E-state index contributed by atoms with van der Waals surface area (Å²) in [6.45, 7) is 7.14. The summed E-state index contributed by atoms with van der Waals surface area (Å²) in [6, 6.07) is 0.222. The number of carbonyl (C=O) groups is 1. The van der Waals surface area contributed by atoms with Gasteiger partial charge in [0.05, 0.1) is 13.2 Å². The van der Waals surface area contributed by atoms with Gasteiger partial charge in [-0.1, -0.05) is 26.7 Å². The molecule has 4 heteroatoms. The summed E-state index contributed by atoms with van der Waals surface area (Å²) in [5.41, 5.74) is 0.263. The molecule has 2 aliphatic carbocycles. The van der Waals surface area contributed by atoms with Crippen molar-refractivity contribution in [3.8, 4) is 0 Å². The average molecular weight is 297 g/mol. The summed E-state index contributed by atoms with van der Waals surface area (Å²) >= 11 is 0. The van der Waals surface area contributed by atoms with Crippen LogP contribution in [0.3, 0.4) is 0 Å². The van der Waals surface area contributed by atoms with E-state index in [1.165, 1.54) is 32.8 Å². The van der Waals surface area contributed by atoms with E-state index in [-0.39, 0.29) is 17.4 Å². The first kappa shape index (κ1) is 16.8. The van der Waals surface area contributed by atoms with Crippen molar-refractivity contribution in [2.75, 3.05) is 13.7 Å². The summed E-state index contributed by atoms with van der Waals surface area (Å²) in [7, 11) is 1.48. The smallest absolute Gasteiger partial charge is 0.322 e. The van der Waals surface area contributed by atoms with Gasteiger partial charge in [0.25, 0.3) is 0 Å². The number of methoxy groups -OCH3 is 1. The highest BCUT2D eigenvalue weighted by Gasteiger charge is 2.57. The Labute approximate surface area is 129 Å². The van der Waals surface area contributed by atoms with E-state index in [9.17, 15) is 4.79 Å². The molecule has 1 spiro atoms. The number of nitrogens with one attached hydrogen (secondary N) is 1. The molecule has 0 aromatic heterocycles. The van der Waals surface area contributed by atoms with Crippen LogP contribution in [-0.4, -0.2) is 37.9 Å². The van der Waals surface area contributed by atoms with Gasteiger partial charge in [-0.25, -0.2) is 0 Å². The maximum atomic E-state index is 12.0. The fraction of sp³-hybridized carbons (Fsp3) is 0.941. The van der Waals surface area contributed by atoms with Gasteiger partial charge in [0, 0.05) is 18.1 Å². The fourth-order valence-corrected chi connectivity index (χ4v) is 4.21. The summed E-state index contributed by atoms with van der Waals surface area (Å²) in [5.74, 6) is 0.348. The number of rotatable bonds is 7. The van der Waals surface area contributed by atoms with Crippen molar-refractivity contribution < 1.29 is 14.3 Å². The zero-order valence-corrected chi connectivity index (χ0v) is 14.0. The normalized spacial score (nSPS) is 28.6. The highest BCUT2D eigenvalue weighted by molar-refractivity contribution is 5.75. The van der Waals surface area contributed by atoms with E-state index in [1.54, 1.807) is 0 Å². The highest BCUT2D eigenvalue weighted by atomic mass is 16.5. The monoisotopic (exact) mass is 297 g/mol. The third-order valence-electron chi connectivity index (χ3n) is 5.28. The molecule has 122 valence electrons. The van der Waals surface area contributed by atoms with E-state index in [1.807, 2.05) is 0 Å². The lowest BCUT2D eigenvalue weighted by Crippen LogP contribution is -2.65. The molecule has 2 aliphatic rings. The number of carbonyl (C=O) groups excluding carboxylic acids is 1. The lowest BCUT2D eigenvalue weighted by Gasteiger charge is -2.55. The summed E-state index contributed by atoms with van der Waals surface area (Å²) in [5, 5.41) is 3.60. The van der Waals surface area contributed by atoms with Crippen molar-refractivity contribution in [1.29, 1.82) is 0 Å². The molecule has 2 rings (SSSR count). The minimum atomic E-state index is -0.181. The van der Waals surface area contributed by atoms with Gasteiger partial charge >= 0.3 is 5.97 Å². The van der Waals surface area contributed by atoms with Crippen LogP contribution in [0.2, 0.25) is 0 Å². The number of ether oxygens (including phenoxy) is 2. The Morgan fingerprint density at radius 2 is 2.00 bits per heavy atom. The molecule has 0 aromatic rings. The third-order valence-corrected chi connectivity index (χ3v) is 5.28. The van der Waals surface area contributed by atoms with E-state index in [0.29, 0.717) is 18.1 Å². The van der Waals surface area contributed by atoms with E-state index >= 15 is 0 Å². The molecule has 0 heterocycles. The van der Waals surface area contributed by atoms with Crippen molar-refractivity contribution in [2.24, 2.45) is 11.3 Å². The first-order valence-corrected chi connectivity index (χ1v) is 8.49. The Hall–Kier alpha value is -0.610. The first-order chi connectivity index (χ1) is 10.0. The van der Waals surface area contributed by atoms with Crippen molar-refractivity contribution in [2.45, 2.75) is 77.5 Å². The van der Waals surface area contributed by atoms with Gasteiger partial charge in [0.1, 0.15) is 6.04 Å². The molecule has 21 heavy (non-hydrogen) atoms. The second-order valence-corrected chi connectivity index (χ2v) is 7.04. The zero-order chi connectivity index (χ0) is 15.5. The largest absolute Gasteiger partial charge is 0.468 e. The second kappa shape index (κ2) is 7.10. The van der Waals surface area contributed by atoms with Crippen molar-refractivity contribution >= 4 is 5.97 Å². The number of hydrogen-bond donors (Lipinski definition) is 1. The van der Waals surface area contributed by atoms with Crippen molar-refractivity contribution in [3.05, 3.63) is 0 Å². The predicted molar refractivity (Wildman–Crippen MR) is 83.1 cm³/mol. The second-order valence-electron chi connectivity index (χ2n) is 7.04. The Morgan fingerprint density at radius 1 is 1.33 bits per heavy atom. The van der Waals surface area contributed by atoms with Gasteiger partial charge in [-0.15, -0.1) is 0 Å². The predicted octanol–water partition coefficient (Wildman–Crippen LogP) is 2.90. The first-order valence-electron chi connectivity index (χ1n) is 8.49. The number of hydrogen-bond acceptors (Lipinski definition) is 4. The maximum Gasteiger partial charge on any atom is 0.322 e. The van der Waals surface area contributed by atoms with Crippen molar-refractivity contribution in [3.63, 3.8) is 0 Å². The maximum absolute atomic E-state index is 12.0. The van der Waals surface area contributed by atoms with Crippen molar-refractivity contribution in [1.82, 2.24) is 5.32 Å². The van der Waals surface area contributed by atoms with Gasteiger partial charge in [0.15, 0.2) is 0 Å². The van der Waals surface area contributed by atoms with Gasteiger partial charge in [-0.3, -0.25) is 4.79 Å². The number of esters is 1. The Bertz CT molecular complexity index is 350. The van der Waals surface area contributed by atoms with Crippen LogP contribution < -0.4 is 5.32 Å². The molecular formula is C17H31NO3. The molecule has 0 radical (unpaired) electrons. The molecule has 0 aromatic carbocycles. The highest BCUT2D eigenvalue weighted by Crippen LogP contribution is 2.54. The van der Waals surface area contributed by atoms with Crippen LogP contribution in [0.4, 0.5) is 0 Å². The molecule has 1 N–H and O–H groups in total. The van der Waals surface area contributed by atoms with Crippen LogP contribution in [0.1, 0.15) is 59.3 Å². The minimum absolute atomic E-state index is 0.128. The van der Waals surface area contributed by atoms with Crippen LogP contribution in [0, 0.1) is 11.3 Å². The Kier molecular flexibility index (Phi) is 5.67. The summed E-state index contributed by atoms with van der Waals surface area (Å²) < 4.78 is 10.9. The van der Waals surface area contributed by atoms with Crippen LogP contribution in [0.15, 0.2) is 0 Å². The lowest BCUT2D eigenvalue weighted by molar-refractivity contribution is -0.151. The third kappa shape index (κ3) is 3.42. The van der Waals surface area contributed by atoms with Crippen LogP contribution in [-0.2, 0) is 14.3 Å². The van der Waals surface area contributed by atoms with E-state index in [0.717, 1.165) is 19.4 Å². The Balaban J connectivity index is 2.01. The molecule has 2 saturated carbocycles. The van der Waals surface area contributed by atoms with Crippen LogP contribution in [0.25, 0.3) is 0 Å².